The molecule has 2 aliphatic rings. The zero-order valence-corrected chi connectivity index (χ0v) is 15.4. The van der Waals surface area contributed by atoms with E-state index in [1.807, 2.05) is 20.8 Å². The topological polar surface area (TPSA) is 59.6 Å². The molecule has 23 heavy (non-hydrogen) atoms. The van der Waals surface area contributed by atoms with Crippen molar-refractivity contribution in [2.75, 3.05) is 13.2 Å². The van der Waals surface area contributed by atoms with Crippen molar-refractivity contribution in [3.05, 3.63) is 0 Å². The van der Waals surface area contributed by atoms with E-state index in [1.165, 1.54) is 12.8 Å². The van der Waals surface area contributed by atoms with Gasteiger partial charge in [0.1, 0.15) is 5.60 Å². The van der Waals surface area contributed by atoms with Crippen molar-refractivity contribution in [3.8, 4) is 0 Å². The molecule has 5 nitrogen and oxygen atoms in total. The van der Waals surface area contributed by atoms with Crippen molar-refractivity contribution < 1.29 is 14.3 Å². The fraction of sp³-hybridized carbons (Fsp3) is 0.944. The second kappa shape index (κ2) is 7.84. The standard InChI is InChI=1S/C18H34N2O3/c1-12(2)16-10-14(8-9-22-16)19-11-15(13-6-7-13)20-17(21)23-18(3,4)5/h12-16,19H,6-11H2,1-5H3,(H,20,21). The van der Waals surface area contributed by atoms with Crippen LogP contribution in [0.4, 0.5) is 4.79 Å². The maximum absolute atomic E-state index is 12.0. The highest BCUT2D eigenvalue weighted by atomic mass is 16.6. The molecule has 0 spiro atoms. The lowest BCUT2D eigenvalue weighted by Crippen LogP contribution is -2.49. The summed E-state index contributed by atoms with van der Waals surface area (Å²) in [4.78, 5) is 12.0. The van der Waals surface area contributed by atoms with Gasteiger partial charge in [0.2, 0.25) is 0 Å². The van der Waals surface area contributed by atoms with E-state index in [0.717, 1.165) is 26.0 Å². The number of carbonyl (C=O) groups is 1. The van der Waals surface area contributed by atoms with Crippen LogP contribution in [0, 0.1) is 11.8 Å². The molecule has 0 aromatic heterocycles. The van der Waals surface area contributed by atoms with Crippen LogP contribution in [0.15, 0.2) is 0 Å². The Balaban J connectivity index is 1.77. The average molecular weight is 326 g/mol. The summed E-state index contributed by atoms with van der Waals surface area (Å²) in [6.07, 6.45) is 4.55. The Morgan fingerprint density at radius 2 is 1.96 bits per heavy atom. The molecule has 134 valence electrons. The second-order valence-electron chi connectivity index (χ2n) is 8.37. The van der Waals surface area contributed by atoms with Crippen LogP contribution >= 0.6 is 0 Å². The molecule has 0 aromatic rings. The molecule has 0 aromatic carbocycles. The smallest absolute Gasteiger partial charge is 0.407 e. The van der Waals surface area contributed by atoms with Gasteiger partial charge in [0.05, 0.1) is 6.10 Å². The minimum atomic E-state index is -0.448. The van der Waals surface area contributed by atoms with Crippen molar-refractivity contribution in [2.24, 2.45) is 11.8 Å². The molecule has 0 bridgehead atoms. The van der Waals surface area contributed by atoms with E-state index in [4.69, 9.17) is 9.47 Å². The van der Waals surface area contributed by atoms with Gasteiger partial charge in [-0.25, -0.2) is 4.79 Å². The number of nitrogens with one attached hydrogen (secondary N) is 2. The molecule has 0 radical (unpaired) electrons. The first-order chi connectivity index (χ1) is 10.7. The molecular formula is C18H34N2O3. The van der Waals surface area contributed by atoms with Crippen molar-refractivity contribution in [1.29, 1.82) is 0 Å². The third-order valence-corrected chi connectivity index (χ3v) is 4.58. The van der Waals surface area contributed by atoms with Crippen molar-refractivity contribution in [3.63, 3.8) is 0 Å². The third-order valence-electron chi connectivity index (χ3n) is 4.58. The number of rotatable bonds is 6. The fourth-order valence-electron chi connectivity index (χ4n) is 3.06. The molecule has 2 fully saturated rings. The van der Waals surface area contributed by atoms with Gasteiger partial charge in [0, 0.05) is 25.2 Å². The predicted octanol–water partition coefficient (Wildman–Crippen LogP) is 3.08. The number of hydrogen-bond donors (Lipinski definition) is 2. The van der Waals surface area contributed by atoms with Gasteiger partial charge in [0.15, 0.2) is 0 Å². The van der Waals surface area contributed by atoms with Crippen molar-refractivity contribution in [1.82, 2.24) is 10.6 Å². The Labute approximate surface area is 140 Å². The fourth-order valence-corrected chi connectivity index (χ4v) is 3.06. The monoisotopic (exact) mass is 326 g/mol. The molecule has 1 saturated carbocycles. The molecule has 1 amide bonds. The van der Waals surface area contributed by atoms with Gasteiger partial charge >= 0.3 is 6.09 Å². The van der Waals surface area contributed by atoms with Crippen molar-refractivity contribution >= 4 is 6.09 Å². The highest BCUT2D eigenvalue weighted by Gasteiger charge is 2.34. The number of carbonyl (C=O) groups excluding carboxylic acids is 1. The van der Waals surface area contributed by atoms with Crippen LogP contribution in [0.25, 0.3) is 0 Å². The summed E-state index contributed by atoms with van der Waals surface area (Å²) >= 11 is 0. The predicted molar refractivity (Wildman–Crippen MR) is 91.5 cm³/mol. The van der Waals surface area contributed by atoms with E-state index < -0.39 is 5.60 Å². The molecule has 1 aliphatic carbocycles. The summed E-state index contributed by atoms with van der Waals surface area (Å²) in [5.74, 6) is 1.15. The summed E-state index contributed by atoms with van der Waals surface area (Å²) in [7, 11) is 0. The first-order valence-corrected chi connectivity index (χ1v) is 9.09. The van der Waals surface area contributed by atoms with Crippen LogP contribution in [0.2, 0.25) is 0 Å². The normalized spacial score (nSPS) is 26.9. The van der Waals surface area contributed by atoms with Gasteiger partial charge in [-0.15, -0.1) is 0 Å². The third kappa shape index (κ3) is 6.68. The quantitative estimate of drug-likeness (QED) is 0.787. The molecule has 3 unspecified atom stereocenters. The van der Waals surface area contributed by atoms with Crippen LogP contribution in [0.5, 0.6) is 0 Å². The minimum absolute atomic E-state index is 0.171. The zero-order chi connectivity index (χ0) is 17.0. The van der Waals surface area contributed by atoms with Gasteiger partial charge in [-0.05, 0) is 58.3 Å². The van der Waals surface area contributed by atoms with Gasteiger partial charge in [0.25, 0.3) is 0 Å². The number of alkyl carbamates (subject to hydrolysis) is 1. The molecule has 2 rings (SSSR count). The first-order valence-electron chi connectivity index (χ1n) is 9.09. The lowest BCUT2D eigenvalue weighted by atomic mass is 9.95. The van der Waals surface area contributed by atoms with Crippen LogP contribution in [0.3, 0.4) is 0 Å². The highest BCUT2D eigenvalue weighted by molar-refractivity contribution is 5.68. The maximum atomic E-state index is 12.0. The van der Waals surface area contributed by atoms with Gasteiger partial charge in [-0.2, -0.15) is 0 Å². The molecule has 1 saturated heterocycles. The largest absolute Gasteiger partial charge is 0.444 e. The van der Waals surface area contributed by atoms with Gasteiger partial charge in [-0.3, -0.25) is 0 Å². The van der Waals surface area contributed by atoms with E-state index in [0.29, 0.717) is 24.0 Å². The van der Waals surface area contributed by atoms with E-state index in [2.05, 4.69) is 24.5 Å². The Morgan fingerprint density at radius 3 is 2.52 bits per heavy atom. The second-order valence-corrected chi connectivity index (χ2v) is 8.37. The Morgan fingerprint density at radius 1 is 1.26 bits per heavy atom. The lowest BCUT2D eigenvalue weighted by Gasteiger charge is -2.33. The number of ether oxygens (including phenoxy) is 2. The molecule has 5 heteroatoms. The highest BCUT2D eigenvalue weighted by Crippen LogP contribution is 2.32. The first kappa shape index (κ1) is 18.5. The summed E-state index contributed by atoms with van der Waals surface area (Å²) in [6.45, 7) is 11.8. The van der Waals surface area contributed by atoms with Gasteiger partial charge in [-0.1, -0.05) is 13.8 Å². The number of hydrogen-bond acceptors (Lipinski definition) is 4. The molecule has 1 heterocycles. The van der Waals surface area contributed by atoms with Crippen LogP contribution in [0.1, 0.15) is 60.3 Å². The van der Waals surface area contributed by atoms with E-state index in [9.17, 15) is 4.79 Å². The van der Waals surface area contributed by atoms with Gasteiger partial charge < -0.3 is 20.1 Å². The molecular weight excluding hydrogens is 292 g/mol. The summed E-state index contributed by atoms with van der Waals surface area (Å²) in [6, 6.07) is 0.656. The van der Waals surface area contributed by atoms with Crippen LogP contribution in [-0.4, -0.2) is 43.0 Å². The zero-order valence-electron chi connectivity index (χ0n) is 15.4. The molecule has 1 aliphatic heterocycles. The van der Waals surface area contributed by atoms with Crippen LogP contribution < -0.4 is 10.6 Å². The summed E-state index contributed by atoms with van der Waals surface area (Å²) in [5, 5.41) is 6.70. The minimum Gasteiger partial charge on any atom is -0.444 e. The van der Waals surface area contributed by atoms with E-state index in [-0.39, 0.29) is 12.1 Å². The van der Waals surface area contributed by atoms with E-state index in [1.54, 1.807) is 0 Å². The maximum Gasteiger partial charge on any atom is 0.407 e. The Kier molecular flexibility index (Phi) is 6.32. The average Bonchev–Trinajstić information content (AvgIpc) is 3.26. The summed E-state index contributed by atoms with van der Waals surface area (Å²) in [5.41, 5.74) is -0.448. The summed E-state index contributed by atoms with van der Waals surface area (Å²) < 4.78 is 11.2. The van der Waals surface area contributed by atoms with Crippen molar-refractivity contribution in [2.45, 2.75) is 84.1 Å². The SMILES string of the molecule is CC(C)C1CC(NCC(NC(=O)OC(C)(C)C)C2CC2)CCO1. The van der Waals surface area contributed by atoms with E-state index >= 15 is 0 Å². The Bertz CT molecular complexity index is 388. The molecule has 2 N–H and O–H groups in total. The Hall–Kier alpha value is -0.810. The number of amides is 1. The molecule has 3 atom stereocenters. The lowest BCUT2D eigenvalue weighted by molar-refractivity contribution is -0.0247. The van der Waals surface area contributed by atoms with Crippen LogP contribution in [-0.2, 0) is 9.47 Å².